The van der Waals surface area contributed by atoms with Gasteiger partial charge in [0.25, 0.3) is 11.8 Å². The van der Waals surface area contributed by atoms with Crippen molar-refractivity contribution in [1.82, 2.24) is 10.8 Å². The molecule has 9 heteroatoms. The van der Waals surface area contributed by atoms with Gasteiger partial charge in [-0.1, -0.05) is 11.8 Å². The van der Waals surface area contributed by atoms with Gasteiger partial charge in [-0.2, -0.15) is 8.78 Å². The predicted molar refractivity (Wildman–Crippen MR) is 93.3 cm³/mol. The van der Waals surface area contributed by atoms with Crippen LogP contribution in [0, 0.1) is 29.6 Å². The maximum atomic E-state index is 12.7. The molecule has 28 heavy (non-hydrogen) atoms. The van der Waals surface area contributed by atoms with Gasteiger partial charge in [0.05, 0.1) is 11.7 Å². The molecule has 0 bridgehead atoms. The zero-order valence-electron chi connectivity index (χ0n) is 14.8. The van der Waals surface area contributed by atoms with Crippen molar-refractivity contribution in [2.75, 3.05) is 0 Å². The van der Waals surface area contributed by atoms with Gasteiger partial charge >= 0.3 is 6.61 Å². The first-order chi connectivity index (χ1) is 13.3. The third-order valence-electron chi connectivity index (χ3n) is 3.73. The van der Waals surface area contributed by atoms with E-state index in [1.165, 1.54) is 24.5 Å². The maximum absolute atomic E-state index is 12.7. The molecule has 0 spiro atoms. The fraction of sp³-hybridized carbons (Fsp3) is 0.368. The zero-order valence-corrected chi connectivity index (χ0v) is 14.8. The average Bonchev–Trinajstić information content (AvgIpc) is 3.46. The van der Waals surface area contributed by atoms with Crippen molar-refractivity contribution < 1.29 is 33.4 Å². The quantitative estimate of drug-likeness (QED) is 0.329. The summed E-state index contributed by atoms with van der Waals surface area (Å²) in [6.07, 6.45) is 0.741. The van der Waals surface area contributed by atoms with E-state index in [0.717, 1.165) is 18.9 Å². The Bertz CT molecular complexity index is 861. The standard InChI is InChI=1S/C19H18F2N2O5/c1-11(24)16(18(26)23-27)22-17(25)14-9-8-13(10-15(14)28-19(20)21)5-3-2-4-12-6-7-12/h8-12,16,19,24,27H,6-7H2,1H3,(H,22,25)(H,23,26)/t11-,16+/m1/s1. The van der Waals surface area contributed by atoms with Crippen molar-refractivity contribution in [2.45, 2.75) is 38.5 Å². The number of hydrogen-bond acceptors (Lipinski definition) is 5. The van der Waals surface area contributed by atoms with Gasteiger partial charge < -0.3 is 15.2 Å². The van der Waals surface area contributed by atoms with Crippen molar-refractivity contribution >= 4 is 11.8 Å². The van der Waals surface area contributed by atoms with Crippen LogP contribution in [0.5, 0.6) is 5.75 Å². The average molecular weight is 392 g/mol. The molecule has 0 aromatic heterocycles. The van der Waals surface area contributed by atoms with Gasteiger partial charge in [0.2, 0.25) is 0 Å². The second kappa shape index (κ2) is 9.70. The number of carbonyl (C=O) groups is 2. The monoisotopic (exact) mass is 392 g/mol. The lowest BCUT2D eigenvalue weighted by Crippen LogP contribution is -2.51. The number of benzene rings is 1. The summed E-state index contributed by atoms with van der Waals surface area (Å²) in [6, 6.07) is 2.24. The van der Waals surface area contributed by atoms with Crippen molar-refractivity contribution in [1.29, 1.82) is 0 Å². The van der Waals surface area contributed by atoms with Gasteiger partial charge in [-0.3, -0.25) is 14.8 Å². The van der Waals surface area contributed by atoms with Crippen molar-refractivity contribution in [3.63, 3.8) is 0 Å². The third-order valence-corrected chi connectivity index (χ3v) is 3.73. The van der Waals surface area contributed by atoms with Crippen LogP contribution in [0.4, 0.5) is 8.78 Å². The number of carbonyl (C=O) groups excluding carboxylic acids is 2. The number of halogens is 2. The first-order valence-corrected chi connectivity index (χ1v) is 8.35. The van der Waals surface area contributed by atoms with Crippen LogP contribution in [0.2, 0.25) is 0 Å². The number of ether oxygens (including phenoxy) is 1. The molecular weight excluding hydrogens is 374 g/mol. The molecule has 0 heterocycles. The summed E-state index contributed by atoms with van der Waals surface area (Å²) in [5.74, 6) is 8.77. The molecule has 0 unspecified atom stereocenters. The van der Waals surface area contributed by atoms with Gasteiger partial charge in [0.1, 0.15) is 11.8 Å². The van der Waals surface area contributed by atoms with Gasteiger partial charge in [-0.15, -0.1) is 0 Å². The van der Waals surface area contributed by atoms with Crippen LogP contribution in [0.15, 0.2) is 18.2 Å². The van der Waals surface area contributed by atoms with E-state index in [4.69, 9.17) is 5.21 Å². The highest BCUT2D eigenvalue weighted by atomic mass is 19.3. The van der Waals surface area contributed by atoms with Crippen LogP contribution >= 0.6 is 0 Å². The largest absolute Gasteiger partial charge is 0.434 e. The molecule has 148 valence electrons. The van der Waals surface area contributed by atoms with Gasteiger partial charge in [0.15, 0.2) is 0 Å². The zero-order chi connectivity index (χ0) is 20.7. The number of rotatable bonds is 6. The van der Waals surface area contributed by atoms with E-state index in [2.05, 4.69) is 33.7 Å². The van der Waals surface area contributed by atoms with Gasteiger partial charge in [-0.25, -0.2) is 5.48 Å². The van der Waals surface area contributed by atoms with Crippen LogP contribution in [0.25, 0.3) is 0 Å². The van der Waals surface area contributed by atoms with Crippen LogP contribution in [-0.2, 0) is 4.79 Å². The molecule has 1 aliphatic rings. The van der Waals surface area contributed by atoms with E-state index in [-0.39, 0.29) is 5.56 Å². The lowest BCUT2D eigenvalue weighted by Gasteiger charge is -2.20. The summed E-state index contributed by atoms with van der Waals surface area (Å²) in [6.45, 7) is -1.99. The van der Waals surface area contributed by atoms with Gasteiger partial charge in [0, 0.05) is 11.5 Å². The Labute approximate surface area is 160 Å². The number of aliphatic hydroxyl groups excluding tert-OH is 1. The molecule has 1 aliphatic carbocycles. The molecule has 4 N–H and O–H groups in total. The Morgan fingerprint density at radius 1 is 1.29 bits per heavy atom. The molecule has 2 amide bonds. The van der Waals surface area contributed by atoms with E-state index >= 15 is 0 Å². The lowest BCUT2D eigenvalue weighted by molar-refractivity contribution is -0.133. The second-order valence-electron chi connectivity index (χ2n) is 6.05. The minimum atomic E-state index is -3.20. The molecule has 0 saturated heterocycles. The molecule has 7 nitrogen and oxygen atoms in total. The Morgan fingerprint density at radius 2 is 2.00 bits per heavy atom. The third kappa shape index (κ3) is 6.23. The van der Waals surface area contributed by atoms with Crippen LogP contribution < -0.4 is 15.5 Å². The number of hydroxylamine groups is 1. The molecule has 1 aromatic rings. The van der Waals surface area contributed by atoms with Crippen LogP contribution in [-0.4, -0.2) is 40.9 Å². The summed E-state index contributed by atoms with van der Waals surface area (Å²) in [7, 11) is 0. The number of aliphatic hydroxyl groups is 1. The summed E-state index contributed by atoms with van der Waals surface area (Å²) >= 11 is 0. The Hall–Kier alpha value is -3.14. The number of alkyl halides is 2. The number of amides is 2. The maximum Gasteiger partial charge on any atom is 0.387 e. The molecule has 2 atom stereocenters. The topological polar surface area (TPSA) is 108 Å². The Kier molecular flexibility index (Phi) is 7.33. The summed E-state index contributed by atoms with van der Waals surface area (Å²) in [5, 5.41) is 20.4. The fourth-order valence-corrected chi connectivity index (χ4v) is 2.14. The lowest BCUT2D eigenvalue weighted by atomic mass is 10.1. The first-order valence-electron chi connectivity index (χ1n) is 8.35. The highest BCUT2D eigenvalue weighted by Gasteiger charge is 2.27. The molecular formula is C19H18F2N2O5. The molecule has 0 radical (unpaired) electrons. The fourth-order valence-electron chi connectivity index (χ4n) is 2.14. The number of hydrogen-bond donors (Lipinski definition) is 4. The van der Waals surface area contributed by atoms with Crippen LogP contribution in [0.3, 0.4) is 0 Å². The van der Waals surface area contributed by atoms with E-state index in [0.29, 0.717) is 11.5 Å². The Morgan fingerprint density at radius 3 is 2.57 bits per heavy atom. The predicted octanol–water partition coefficient (Wildman–Crippen LogP) is 1.04. The Balaban J connectivity index is 2.24. The van der Waals surface area contributed by atoms with E-state index in [9.17, 15) is 23.5 Å². The second-order valence-corrected chi connectivity index (χ2v) is 6.05. The summed E-state index contributed by atoms with van der Waals surface area (Å²) in [5.41, 5.74) is 1.31. The smallest absolute Gasteiger partial charge is 0.387 e. The normalized spacial score (nSPS) is 14.6. The highest BCUT2D eigenvalue weighted by molar-refractivity contribution is 5.99. The molecule has 2 rings (SSSR count). The molecule has 0 aliphatic heterocycles. The summed E-state index contributed by atoms with van der Waals surface area (Å²) < 4.78 is 29.8. The van der Waals surface area contributed by atoms with E-state index < -0.39 is 36.3 Å². The molecule has 1 saturated carbocycles. The van der Waals surface area contributed by atoms with Crippen LogP contribution in [0.1, 0.15) is 35.7 Å². The van der Waals surface area contributed by atoms with E-state index in [1.54, 1.807) is 0 Å². The van der Waals surface area contributed by atoms with Crippen molar-refractivity contribution in [3.8, 4) is 29.4 Å². The van der Waals surface area contributed by atoms with Crippen molar-refractivity contribution in [2.24, 2.45) is 5.92 Å². The molecule has 1 aromatic carbocycles. The molecule has 1 fully saturated rings. The summed E-state index contributed by atoms with van der Waals surface area (Å²) in [4.78, 5) is 23.9. The van der Waals surface area contributed by atoms with Gasteiger partial charge in [-0.05, 0) is 49.8 Å². The number of nitrogens with one attached hydrogen (secondary N) is 2. The van der Waals surface area contributed by atoms with E-state index in [1.807, 2.05) is 0 Å². The minimum absolute atomic E-state index is 0.300. The SMILES string of the molecule is C[C@@H](O)[C@H](NC(=O)c1ccc(C#CC#CC2CC2)cc1OC(F)F)C(=O)NO. The van der Waals surface area contributed by atoms with Crippen molar-refractivity contribution in [3.05, 3.63) is 29.3 Å². The highest BCUT2D eigenvalue weighted by Crippen LogP contribution is 2.27. The minimum Gasteiger partial charge on any atom is -0.434 e. The first kappa shape index (κ1) is 21.2.